The van der Waals surface area contributed by atoms with Gasteiger partial charge in [0.1, 0.15) is 0 Å². The largest absolute Gasteiger partial charge is 0.385 e. The van der Waals surface area contributed by atoms with E-state index in [1.165, 1.54) is 5.56 Å². The lowest BCUT2D eigenvalue weighted by Crippen LogP contribution is -2.28. The molecule has 6 heteroatoms. The van der Waals surface area contributed by atoms with E-state index in [0.29, 0.717) is 13.2 Å². The SMILES string of the molecule is CCOCCS(=O)(=O)NCc1cccc2c1NCCC2. The molecule has 0 atom stereocenters. The number of hydrogen-bond acceptors (Lipinski definition) is 4. The average Bonchev–Trinajstić information content (AvgIpc) is 2.45. The predicted octanol–water partition coefficient (Wildman–Crippen LogP) is 1.50. The van der Waals surface area contributed by atoms with Crippen LogP contribution in [0.3, 0.4) is 0 Å². The quantitative estimate of drug-likeness (QED) is 0.749. The zero-order chi connectivity index (χ0) is 14.4. The van der Waals surface area contributed by atoms with Crippen LogP contribution in [0.25, 0.3) is 0 Å². The Balaban J connectivity index is 1.97. The molecule has 2 N–H and O–H groups in total. The van der Waals surface area contributed by atoms with Gasteiger partial charge in [0.2, 0.25) is 10.0 Å². The highest BCUT2D eigenvalue weighted by atomic mass is 32.2. The first-order chi connectivity index (χ1) is 9.62. The molecule has 1 aliphatic rings. The van der Waals surface area contributed by atoms with Gasteiger partial charge in [0, 0.05) is 25.4 Å². The maximum Gasteiger partial charge on any atom is 0.214 e. The van der Waals surface area contributed by atoms with Crippen molar-refractivity contribution in [3.05, 3.63) is 29.3 Å². The molecule has 0 spiro atoms. The summed E-state index contributed by atoms with van der Waals surface area (Å²) in [5, 5.41) is 3.36. The number of aryl methyl sites for hydroxylation is 1. The number of ether oxygens (including phenoxy) is 1. The number of hydrogen-bond donors (Lipinski definition) is 2. The second kappa shape index (κ2) is 7.06. The standard InChI is InChI=1S/C14H22N2O3S/c1-2-19-9-10-20(17,18)16-11-13-6-3-5-12-7-4-8-15-14(12)13/h3,5-6,15-16H,2,4,7-11H2,1H3. The highest BCUT2D eigenvalue weighted by molar-refractivity contribution is 7.89. The minimum atomic E-state index is -3.28. The molecule has 2 rings (SSSR count). The maximum atomic E-state index is 11.8. The minimum Gasteiger partial charge on any atom is -0.385 e. The lowest BCUT2D eigenvalue weighted by Gasteiger charge is -2.21. The van der Waals surface area contributed by atoms with Crippen molar-refractivity contribution in [1.29, 1.82) is 0 Å². The fourth-order valence-corrected chi connectivity index (χ4v) is 3.16. The molecular weight excluding hydrogens is 276 g/mol. The summed E-state index contributed by atoms with van der Waals surface area (Å²) in [7, 11) is -3.28. The maximum absolute atomic E-state index is 11.8. The van der Waals surface area contributed by atoms with E-state index in [0.717, 1.165) is 30.6 Å². The Hall–Kier alpha value is -1.11. The summed E-state index contributed by atoms with van der Waals surface area (Å²) in [5.41, 5.74) is 3.36. The number of fused-ring (bicyclic) bond motifs is 1. The van der Waals surface area contributed by atoms with Crippen molar-refractivity contribution >= 4 is 15.7 Å². The predicted molar refractivity (Wildman–Crippen MR) is 80.4 cm³/mol. The van der Waals surface area contributed by atoms with Crippen molar-refractivity contribution in [3.8, 4) is 0 Å². The van der Waals surface area contributed by atoms with Gasteiger partial charge in [0.05, 0.1) is 12.4 Å². The minimum absolute atomic E-state index is 0.00327. The van der Waals surface area contributed by atoms with Gasteiger partial charge in [-0.15, -0.1) is 0 Å². The summed E-state index contributed by atoms with van der Waals surface area (Å²) in [6.07, 6.45) is 2.17. The number of nitrogens with one attached hydrogen (secondary N) is 2. The van der Waals surface area contributed by atoms with E-state index in [9.17, 15) is 8.42 Å². The number of rotatable bonds is 7. The molecule has 0 saturated heterocycles. The Morgan fingerprint density at radius 1 is 1.40 bits per heavy atom. The van der Waals surface area contributed by atoms with Gasteiger partial charge in [-0.3, -0.25) is 0 Å². The summed E-state index contributed by atoms with van der Waals surface area (Å²) in [4.78, 5) is 0. The van der Waals surface area contributed by atoms with Gasteiger partial charge in [-0.2, -0.15) is 0 Å². The molecule has 1 aliphatic heterocycles. The molecule has 0 fully saturated rings. The summed E-state index contributed by atoms with van der Waals surface area (Å²) in [5.74, 6) is 0.00327. The van der Waals surface area contributed by atoms with Crippen LogP contribution >= 0.6 is 0 Å². The molecule has 5 nitrogen and oxygen atoms in total. The molecule has 0 unspecified atom stereocenters. The first-order valence-electron chi connectivity index (χ1n) is 7.02. The van der Waals surface area contributed by atoms with E-state index in [2.05, 4.69) is 16.1 Å². The van der Waals surface area contributed by atoms with Crippen LogP contribution < -0.4 is 10.0 Å². The zero-order valence-electron chi connectivity index (χ0n) is 11.8. The summed E-state index contributed by atoms with van der Waals surface area (Å²) < 4.78 is 31.4. The van der Waals surface area contributed by atoms with Gasteiger partial charge < -0.3 is 10.1 Å². The second-order valence-corrected chi connectivity index (χ2v) is 6.74. The van der Waals surface area contributed by atoms with Crippen molar-refractivity contribution in [2.75, 3.05) is 30.8 Å². The van der Waals surface area contributed by atoms with Crippen molar-refractivity contribution in [2.45, 2.75) is 26.3 Å². The molecule has 0 amide bonds. The molecule has 1 heterocycles. The molecule has 20 heavy (non-hydrogen) atoms. The van der Waals surface area contributed by atoms with E-state index < -0.39 is 10.0 Å². The van der Waals surface area contributed by atoms with Crippen LogP contribution in [-0.2, 0) is 27.7 Å². The third-order valence-electron chi connectivity index (χ3n) is 3.34. The first-order valence-corrected chi connectivity index (χ1v) is 8.67. The van der Waals surface area contributed by atoms with Gasteiger partial charge >= 0.3 is 0 Å². The van der Waals surface area contributed by atoms with E-state index >= 15 is 0 Å². The van der Waals surface area contributed by atoms with Crippen LogP contribution in [-0.4, -0.2) is 33.9 Å². The van der Waals surface area contributed by atoms with Crippen LogP contribution in [0.1, 0.15) is 24.5 Å². The third kappa shape index (κ3) is 4.19. The number of sulfonamides is 1. The monoisotopic (exact) mass is 298 g/mol. The number of anilines is 1. The second-order valence-electron chi connectivity index (χ2n) is 4.82. The molecule has 112 valence electrons. The smallest absolute Gasteiger partial charge is 0.214 e. The van der Waals surface area contributed by atoms with Gasteiger partial charge in [0.25, 0.3) is 0 Å². The Morgan fingerprint density at radius 2 is 2.25 bits per heavy atom. The summed E-state index contributed by atoms with van der Waals surface area (Å²) in [6, 6.07) is 6.03. The normalized spacial score (nSPS) is 14.7. The molecule has 0 bridgehead atoms. The number of benzene rings is 1. The van der Waals surface area contributed by atoms with E-state index in [1.54, 1.807) is 0 Å². The molecule has 1 aromatic rings. The zero-order valence-corrected chi connectivity index (χ0v) is 12.6. The Labute approximate surface area is 120 Å². The van der Waals surface area contributed by atoms with Crippen molar-refractivity contribution in [2.24, 2.45) is 0 Å². The van der Waals surface area contributed by atoms with Gasteiger partial charge in [-0.05, 0) is 30.9 Å². The van der Waals surface area contributed by atoms with Gasteiger partial charge in [-0.25, -0.2) is 13.1 Å². The van der Waals surface area contributed by atoms with E-state index in [4.69, 9.17) is 4.74 Å². The lowest BCUT2D eigenvalue weighted by molar-refractivity contribution is 0.163. The van der Waals surface area contributed by atoms with Crippen LogP contribution in [0.2, 0.25) is 0 Å². The van der Waals surface area contributed by atoms with Gasteiger partial charge in [-0.1, -0.05) is 18.2 Å². The molecular formula is C14H22N2O3S. The summed E-state index contributed by atoms with van der Waals surface area (Å²) in [6.45, 7) is 3.89. The number of para-hydroxylation sites is 1. The highest BCUT2D eigenvalue weighted by Gasteiger charge is 2.15. The van der Waals surface area contributed by atoms with Crippen LogP contribution in [0.15, 0.2) is 18.2 Å². The van der Waals surface area contributed by atoms with Crippen LogP contribution in [0.5, 0.6) is 0 Å². The van der Waals surface area contributed by atoms with Gasteiger partial charge in [0.15, 0.2) is 0 Å². The molecule has 0 aromatic heterocycles. The molecule has 1 aromatic carbocycles. The lowest BCUT2D eigenvalue weighted by atomic mass is 9.99. The highest BCUT2D eigenvalue weighted by Crippen LogP contribution is 2.25. The van der Waals surface area contributed by atoms with Crippen LogP contribution in [0, 0.1) is 0 Å². The van der Waals surface area contributed by atoms with Crippen molar-refractivity contribution in [1.82, 2.24) is 4.72 Å². The fraction of sp³-hybridized carbons (Fsp3) is 0.571. The van der Waals surface area contributed by atoms with Crippen molar-refractivity contribution in [3.63, 3.8) is 0 Å². The van der Waals surface area contributed by atoms with E-state index in [-0.39, 0.29) is 12.4 Å². The third-order valence-corrected chi connectivity index (χ3v) is 4.63. The Bertz CT molecular complexity index is 543. The topological polar surface area (TPSA) is 67.4 Å². The van der Waals surface area contributed by atoms with Crippen LogP contribution in [0.4, 0.5) is 5.69 Å². The molecule has 0 radical (unpaired) electrons. The average molecular weight is 298 g/mol. The Morgan fingerprint density at radius 3 is 3.05 bits per heavy atom. The van der Waals surface area contributed by atoms with E-state index in [1.807, 2.05) is 19.1 Å². The Kier molecular flexibility index (Phi) is 5.39. The molecule has 0 saturated carbocycles. The molecule has 0 aliphatic carbocycles. The summed E-state index contributed by atoms with van der Waals surface area (Å²) >= 11 is 0. The first kappa shape index (κ1) is 15.3. The fourth-order valence-electron chi connectivity index (χ4n) is 2.30. The van der Waals surface area contributed by atoms with Crippen molar-refractivity contribution < 1.29 is 13.2 Å².